The van der Waals surface area contributed by atoms with Gasteiger partial charge in [0, 0.05) is 19.2 Å². The Hall–Kier alpha value is -1.22. The van der Waals surface area contributed by atoms with Gasteiger partial charge in [0.25, 0.3) is 0 Å². The average Bonchev–Trinajstić information content (AvgIpc) is 2.17. The predicted molar refractivity (Wildman–Crippen MR) is 59.2 cm³/mol. The van der Waals surface area contributed by atoms with Crippen molar-refractivity contribution < 1.29 is 9.59 Å². The summed E-state index contributed by atoms with van der Waals surface area (Å²) < 4.78 is 0. The molecule has 15 heavy (non-hydrogen) atoms. The summed E-state index contributed by atoms with van der Waals surface area (Å²) >= 11 is 1.48. The maximum absolute atomic E-state index is 11.5. The molecule has 0 saturated heterocycles. The van der Waals surface area contributed by atoms with Gasteiger partial charge >= 0.3 is 0 Å². The second-order valence-electron chi connectivity index (χ2n) is 2.91. The van der Waals surface area contributed by atoms with E-state index in [1.54, 1.807) is 0 Å². The summed E-state index contributed by atoms with van der Waals surface area (Å²) in [6.45, 7) is 1.69. The Morgan fingerprint density at radius 2 is 2.20 bits per heavy atom. The second kappa shape index (κ2) is 8.12. The third kappa shape index (κ3) is 6.80. The number of nitrogens with one attached hydrogen (secondary N) is 2. The van der Waals surface area contributed by atoms with Crippen molar-refractivity contribution in [1.82, 2.24) is 10.6 Å². The molecule has 0 bridgehead atoms. The van der Waals surface area contributed by atoms with E-state index in [4.69, 9.17) is 5.26 Å². The van der Waals surface area contributed by atoms with Crippen LogP contribution in [0.25, 0.3) is 0 Å². The van der Waals surface area contributed by atoms with E-state index in [0.717, 1.165) is 0 Å². The molecule has 0 aromatic heterocycles. The molecule has 0 rings (SSSR count). The predicted octanol–water partition coefficient (Wildman–Crippen LogP) is -0.116. The number of nitrogens with zero attached hydrogens (tertiary/aromatic N) is 1. The maximum Gasteiger partial charge on any atom is 0.243 e. The van der Waals surface area contributed by atoms with Gasteiger partial charge in [-0.25, -0.2) is 0 Å². The fourth-order valence-electron chi connectivity index (χ4n) is 0.960. The van der Waals surface area contributed by atoms with Crippen molar-refractivity contribution in [2.45, 2.75) is 19.4 Å². The number of carbonyl (C=O) groups is 2. The molecule has 2 amide bonds. The van der Waals surface area contributed by atoms with Gasteiger partial charge in [-0.2, -0.15) is 17.0 Å². The fraction of sp³-hybridized carbons (Fsp3) is 0.667. The van der Waals surface area contributed by atoms with Crippen LogP contribution in [0.15, 0.2) is 0 Å². The Morgan fingerprint density at radius 1 is 1.53 bits per heavy atom. The van der Waals surface area contributed by atoms with E-state index in [1.165, 1.54) is 18.7 Å². The molecule has 84 valence electrons. The number of nitriles is 1. The highest BCUT2D eigenvalue weighted by Gasteiger charge is 2.17. The van der Waals surface area contributed by atoms with Crippen LogP contribution in [0.1, 0.15) is 13.3 Å². The average molecular weight is 229 g/mol. The first-order valence-corrected chi connectivity index (χ1v) is 5.92. The van der Waals surface area contributed by atoms with Gasteiger partial charge in [0.15, 0.2) is 0 Å². The lowest BCUT2D eigenvalue weighted by Crippen LogP contribution is -2.47. The van der Waals surface area contributed by atoms with Gasteiger partial charge in [-0.05, 0) is 6.26 Å². The zero-order valence-electron chi connectivity index (χ0n) is 8.87. The van der Waals surface area contributed by atoms with E-state index in [0.29, 0.717) is 12.3 Å². The van der Waals surface area contributed by atoms with Crippen molar-refractivity contribution in [1.29, 1.82) is 5.26 Å². The first-order chi connectivity index (χ1) is 7.11. The van der Waals surface area contributed by atoms with Crippen LogP contribution in [-0.4, -0.2) is 36.4 Å². The molecule has 1 atom stereocenters. The van der Waals surface area contributed by atoms with Crippen molar-refractivity contribution in [3.8, 4) is 6.07 Å². The molecule has 0 heterocycles. The summed E-state index contributed by atoms with van der Waals surface area (Å²) in [5, 5.41) is 13.4. The Balaban J connectivity index is 4.05. The van der Waals surface area contributed by atoms with Gasteiger partial charge in [-0.1, -0.05) is 0 Å². The molecule has 0 spiro atoms. The van der Waals surface area contributed by atoms with Gasteiger partial charge in [-0.3, -0.25) is 9.59 Å². The summed E-state index contributed by atoms with van der Waals surface area (Å²) in [6.07, 6.45) is 2.13. The molecular formula is C9H15N3O2S. The molecule has 0 radical (unpaired) electrons. The maximum atomic E-state index is 11.5. The number of amides is 2. The van der Waals surface area contributed by atoms with E-state index in [1.807, 2.05) is 12.3 Å². The molecule has 6 heteroatoms. The fourth-order valence-corrected chi connectivity index (χ4v) is 1.53. The van der Waals surface area contributed by atoms with Gasteiger partial charge < -0.3 is 10.6 Å². The molecule has 0 saturated carbocycles. The lowest BCUT2D eigenvalue weighted by Gasteiger charge is -2.15. The molecule has 0 aliphatic heterocycles. The topological polar surface area (TPSA) is 82.0 Å². The van der Waals surface area contributed by atoms with E-state index in [9.17, 15) is 9.59 Å². The van der Waals surface area contributed by atoms with Gasteiger partial charge in [0.05, 0.1) is 12.5 Å². The number of hydrogen-bond acceptors (Lipinski definition) is 4. The molecule has 0 aliphatic carbocycles. The Kier molecular flexibility index (Phi) is 7.46. The zero-order valence-corrected chi connectivity index (χ0v) is 9.69. The summed E-state index contributed by atoms with van der Waals surface area (Å²) in [6, 6.07) is 1.41. The largest absolute Gasteiger partial charge is 0.353 e. The molecule has 0 fully saturated rings. The third-order valence-electron chi connectivity index (χ3n) is 1.56. The van der Waals surface area contributed by atoms with Gasteiger partial charge in [-0.15, -0.1) is 0 Å². The summed E-state index contributed by atoms with van der Waals surface area (Å²) in [7, 11) is 0. The van der Waals surface area contributed by atoms with Crippen LogP contribution in [0.2, 0.25) is 0 Å². The summed E-state index contributed by atoms with van der Waals surface area (Å²) in [4.78, 5) is 22.3. The Labute approximate surface area is 93.6 Å². The summed E-state index contributed by atoms with van der Waals surface area (Å²) in [5.41, 5.74) is 0. The molecule has 0 aromatic rings. The number of rotatable bonds is 6. The molecule has 5 nitrogen and oxygen atoms in total. The second-order valence-corrected chi connectivity index (χ2v) is 3.82. The van der Waals surface area contributed by atoms with E-state index < -0.39 is 6.04 Å². The minimum Gasteiger partial charge on any atom is -0.353 e. The van der Waals surface area contributed by atoms with Crippen molar-refractivity contribution in [3.63, 3.8) is 0 Å². The van der Waals surface area contributed by atoms with E-state index in [-0.39, 0.29) is 18.2 Å². The minimum absolute atomic E-state index is 0.232. The highest BCUT2D eigenvalue weighted by molar-refractivity contribution is 7.98. The molecular weight excluding hydrogens is 214 g/mol. The SMILES string of the molecule is CSCC(NC(C)=O)C(=O)NCCC#N. The van der Waals surface area contributed by atoms with E-state index in [2.05, 4.69) is 10.6 Å². The van der Waals surface area contributed by atoms with Crippen LogP contribution in [0.3, 0.4) is 0 Å². The quantitative estimate of drug-likeness (QED) is 0.622. The van der Waals surface area contributed by atoms with Crippen molar-refractivity contribution in [3.05, 3.63) is 0 Å². The summed E-state index contributed by atoms with van der Waals surface area (Å²) in [5.74, 6) is 0.0529. The molecule has 0 aliphatic rings. The van der Waals surface area contributed by atoms with Crippen LogP contribution in [0.4, 0.5) is 0 Å². The van der Waals surface area contributed by atoms with Crippen LogP contribution in [-0.2, 0) is 9.59 Å². The van der Waals surface area contributed by atoms with E-state index >= 15 is 0 Å². The van der Waals surface area contributed by atoms with Crippen molar-refractivity contribution >= 4 is 23.6 Å². The Bertz CT molecular complexity index is 263. The molecule has 2 N–H and O–H groups in total. The Morgan fingerprint density at radius 3 is 2.67 bits per heavy atom. The number of thioether (sulfide) groups is 1. The number of hydrogen-bond donors (Lipinski definition) is 2. The smallest absolute Gasteiger partial charge is 0.243 e. The zero-order chi connectivity index (χ0) is 11.7. The van der Waals surface area contributed by atoms with Crippen molar-refractivity contribution in [2.75, 3.05) is 18.6 Å². The van der Waals surface area contributed by atoms with Crippen LogP contribution >= 0.6 is 11.8 Å². The van der Waals surface area contributed by atoms with Crippen LogP contribution < -0.4 is 10.6 Å². The normalized spacial score (nSPS) is 11.3. The number of carbonyl (C=O) groups excluding carboxylic acids is 2. The third-order valence-corrected chi connectivity index (χ3v) is 2.23. The monoisotopic (exact) mass is 229 g/mol. The molecule has 1 unspecified atom stereocenters. The highest BCUT2D eigenvalue weighted by atomic mass is 32.2. The lowest BCUT2D eigenvalue weighted by atomic mass is 10.3. The van der Waals surface area contributed by atoms with Crippen molar-refractivity contribution in [2.24, 2.45) is 0 Å². The van der Waals surface area contributed by atoms with Gasteiger partial charge in [0.2, 0.25) is 11.8 Å². The lowest BCUT2D eigenvalue weighted by molar-refractivity contribution is -0.127. The van der Waals surface area contributed by atoms with Crippen LogP contribution in [0.5, 0.6) is 0 Å². The first kappa shape index (κ1) is 13.8. The van der Waals surface area contributed by atoms with Gasteiger partial charge in [0.1, 0.15) is 6.04 Å². The highest BCUT2D eigenvalue weighted by Crippen LogP contribution is 1.97. The molecule has 0 aromatic carbocycles. The standard InChI is InChI=1S/C9H15N3O2S/c1-7(13)12-8(6-15-2)9(14)11-5-3-4-10/h8H,3,5-6H2,1-2H3,(H,11,14)(H,12,13). The van der Waals surface area contributed by atoms with Crippen LogP contribution in [0, 0.1) is 11.3 Å². The first-order valence-electron chi connectivity index (χ1n) is 4.52. The minimum atomic E-state index is -0.517.